The Bertz CT molecular complexity index is 1390. The van der Waals surface area contributed by atoms with Crippen LogP contribution in [0.2, 0.25) is 0 Å². The topological polar surface area (TPSA) is 89.9 Å². The maximum absolute atomic E-state index is 13.0. The molecule has 5 rings (SSSR count). The average molecular weight is 511 g/mol. The molecule has 7 nitrogen and oxygen atoms in total. The Morgan fingerprint density at radius 2 is 1.74 bits per heavy atom. The van der Waals surface area contributed by atoms with Crippen LogP contribution < -0.4 is 5.32 Å². The van der Waals surface area contributed by atoms with Gasteiger partial charge in [-0.15, -0.1) is 0 Å². The minimum absolute atomic E-state index is 0.0370. The minimum Gasteiger partial charge on any atom is -0.494 e. The number of morpholine rings is 1. The van der Waals surface area contributed by atoms with Crippen molar-refractivity contribution in [2.75, 3.05) is 38.2 Å². The molecule has 3 aromatic carbocycles. The summed E-state index contributed by atoms with van der Waals surface area (Å²) < 4.78 is 5.42. The molecule has 0 spiro atoms. The number of nitrogens with one attached hydrogen (secondary N) is 2. The van der Waals surface area contributed by atoms with E-state index in [-0.39, 0.29) is 17.7 Å². The molecule has 4 aromatic rings. The number of carbonyl (C=O) groups is 1. The van der Waals surface area contributed by atoms with Crippen molar-refractivity contribution in [3.05, 3.63) is 90.0 Å². The first-order valence-electron chi connectivity index (χ1n) is 13.3. The maximum atomic E-state index is 13.0. The molecule has 1 unspecified atom stereocenters. The van der Waals surface area contributed by atoms with Gasteiger partial charge in [0.1, 0.15) is 0 Å². The zero-order valence-corrected chi connectivity index (χ0v) is 21.7. The summed E-state index contributed by atoms with van der Waals surface area (Å²) in [6, 6.07) is 25.2. The van der Waals surface area contributed by atoms with Crippen LogP contribution in [0.1, 0.15) is 30.9 Å². The first-order valence-corrected chi connectivity index (χ1v) is 13.3. The van der Waals surface area contributed by atoms with E-state index < -0.39 is 0 Å². The second-order valence-corrected chi connectivity index (χ2v) is 9.60. The number of fused-ring (bicyclic) bond motifs is 1. The second kappa shape index (κ2) is 12.1. The third-order valence-electron chi connectivity index (χ3n) is 7.11. The summed E-state index contributed by atoms with van der Waals surface area (Å²) >= 11 is 0. The fraction of sp³-hybridized carbons (Fsp3) is 0.290. The molecule has 1 aromatic heterocycles. The average Bonchev–Trinajstić information content (AvgIpc) is 3.29. The van der Waals surface area contributed by atoms with Gasteiger partial charge in [-0.2, -0.15) is 0 Å². The van der Waals surface area contributed by atoms with Crippen molar-refractivity contribution in [2.45, 2.75) is 19.8 Å². The first-order chi connectivity index (χ1) is 18.6. The molecular formula is C31H34N4O3. The number of aliphatic imine (C=N–C) groups is 1. The number of aromatic nitrogens is 1. The smallest absolute Gasteiger partial charge is 0.227 e. The number of nitrogens with zero attached hydrogens (tertiary/aromatic N) is 2. The summed E-state index contributed by atoms with van der Waals surface area (Å²) in [6.45, 7) is 6.37. The lowest BCUT2D eigenvalue weighted by molar-refractivity contribution is -0.120. The minimum atomic E-state index is -0.0370. The zero-order chi connectivity index (χ0) is 26.3. The SMILES string of the molecule is CCC(CCN1CCOCC1)C(=O)Nc1ccc(N=C(c2ccccc2)c2c(O)[nH]c3ccccc23)cc1. The summed E-state index contributed by atoms with van der Waals surface area (Å²) in [5.74, 6) is 0.0937. The Balaban J connectivity index is 1.34. The van der Waals surface area contributed by atoms with E-state index in [2.05, 4.69) is 22.1 Å². The van der Waals surface area contributed by atoms with Crippen LogP contribution in [-0.2, 0) is 9.53 Å². The Labute approximate surface area is 223 Å². The predicted octanol–water partition coefficient (Wildman–Crippen LogP) is 5.73. The van der Waals surface area contributed by atoms with E-state index in [9.17, 15) is 9.90 Å². The highest BCUT2D eigenvalue weighted by atomic mass is 16.5. The van der Waals surface area contributed by atoms with Gasteiger partial charge >= 0.3 is 0 Å². The van der Waals surface area contributed by atoms with Crippen molar-refractivity contribution in [3.63, 3.8) is 0 Å². The lowest BCUT2D eigenvalue weighted by Crippen LogP contribution is -2.38. The van der Waals surface area contributed by atoms with Gasteiger partial charge < -0.3 is 20.1 Å². The van der Waals surface area contributed by atoms with Crippen molar-refractivity contribution in [1.82, 2.24) is 9.88 Å². The van der Waals surface area contributed by atoms with Crippen LogP contribution in [-0.4, -0.2) is 59.5 Å². The molecule has 3 N–H and O–H groups in total. The number of aromatic amines is 1. The van der Waals surface area contributed by atoms with E-state index in [1.807, 2.05) is 78.9 Å². The third kappa shape index (κ3) is 5.96. The molecule has 0 radical (unpaired) electrons. The summed E-state index contributed by atoms with van der Waals surface area (Å²) in [5, 5.41) is 14.8. The van der Waals surface area contributed by atoms with Crippen LogP contribution >= 0.6 is 0 Å². The summed E-state index contributed by atoms with van der Waals surface area (Å²) in [6.07, 6.45) is 1.63. The van der Waals surface area contributed by atoms with E-state index in [1.54, 1.807) is 0 Å². The first kappa shape index (κ1) is 25.7. The molecule has 1 aliphatic heterocycles. The summed E-state index contributed by atoms with van der Waals surface area (Å²) in [5.41, 5.74) is 4.55. The van der Waals surface area contributed by atoms with E-state index in [0.717, 1.165) is 73.5 Å². The highest BCUT2D eigenvalue weighted by Gasteiger charge is 2.20. The lowest BCUT2D eigenvalue weighted by atomic mass is 10.0. The number of benzene rings is 3. The van der Waals surface area contributed by atoms with Crippen molar-refractivity contribution in [1.29, 1.82) is 0 Å². The van der Waals surface area contributed by atoms with E-state index in [0.29, 0.717) is 11.3 Å². The van der Waals surface area contributed by atoms with Gasteiger partial charge in [-0.1, -0.05) is 55.5 Å². The quantitative estimate of drug-likeness (QED) is 0.251. The number of H-pyrrole nitrogens is 1. The molecule has 0 saturated carbocycles. The van der Waals surface area contributed by atoms with Crippen molar-refractivity contribution < 1.29 is 14.6 Å². The predicted molar refractivity (Wildman–Crippen MR) is 152 cm³/mol. The van der Waals surface area contributed by atoms with E-state index in [1.165, 1.54) is 0 Å². The zero-order valence-electron chi connectivity index (χ0n) is 21.7. The normalized spacial score (nSPS) is 15.4. The van der Waals surface area contributed by atoms with Crippen molar-refractivity contribution >= 4 is 33.9 Å². The number of hydrogen-bond acceptors (Lipinski definition) is 5. The molecule has 0 bridgehead atoms. The number of carbonyl (C=O) groups excluding carboxylic acids is 1. The fourth-order valence-electron chi connectivity index (χ4n) is 4.90. The molecule has 1 saturated heterocycles. The van der Waals surface area contributed by atoms with Gasteiger partial charge in [0.05, 0.1) is 30.2 Å². The van der Waals surface area contributed by atoms with Crippen LogP contribution in [0.4, 0.5) is 11.4 Å². The molecule has 2 heterocycles. The van der Waals surface area contributed by atoms with Gasteiger partial charge in [0.25, 0.3) is 0 Å². The molecular weight excluding hydrogens is 476 g/mol. The van der Waals surface area contributed by atoms with Gasteiger partial charge in [0.15, 0.2) is 5.88 Å². The highest BCUT2D eigenvalue weighted by Crippen LogP contribution is 2.31. The Morgan fingerprint density at radius 3 is 2.47 bits per heavy atom. The van der Waals surface area contributed by atoms with Crippen LogP contribution in [0.5, 0.6) is 5.88 Å². The number of anilines is 1. The fourth-order valence-corrected chi connectivity index (χ4v) is 4.90. The van der Waals surface area contributed by atoms with Gasteiger partial charge in [0, 0.05) is 41.2 Å². The summed E-state index contributed by atoms with van der Waals surface area (Å²) in [4.78, 5) is 23.3. The molecule has 1 aliphatic rings. The molecule has 196 valence electrons. The van der Waals surface area contributed by atoms with Crippen LogP contribution in [0, 0.1) is 5.92 Å². The highest BCUT2D eigenvalue weighted by molar-refractivity contribution is 6.21. The van der Waals surface area contributed by atoms with Gasteiger partial charge in [-0.05, 0) is 49.7 Å². The summed E-state index contributed by atoms with van der Waals surface area (Å²) in [7, 11) is 0. The molecule has 7 heteroatoms. The number of rotatable bonds is 9. The lowest BCUT2D eigenvalue weighted by Gasteiger charge is -2.27. The number of ether oxygens (including phenoxy) is 1. The molecule has 38 heavy (non-hydrogen) atoms. The number of aromatic hydroxyl groups is 1. The monoisotopic (exact) mass is 510 g/mol. The Morgan fingerprint density at radius 1 is 1.03 bits per heavy atom. The maximum Gasteiger partial charge on any atom is 0.227 e. The molecule has 1 atom stereocenters. The molecule has 1 fully saturated rings. The van der Waals surface area contributed by atoms with Gasteiger partial charge in [-0.25, -0.2) is 4.99 Å². The Hall–Kier alpha value is -3.94. The van der Waals surface area contributed by atoms with E-state index in [4.69, 9.17) is 9.73 Å². The van der Waals surface area contributed by atoms with Crippen LogP contribution in [0.25, 0.3) is 10.9 Å². The third-order valence-corrected chi connectivity index (χ3v) is 7.11. The van der Waals surface area contributed by atoms with Crippen molar-refractivity contribution in [2.24, 2.45) is 10.9 Å². The van der Waals surface area contributed by atoms with E-state index >= 15 is 0 Å². The standard InChI is InChI=1S/C31H34N4O3/c1-2-22(16-17-35-18-20-38-21-19-35)30(36)33-25-14-12-24(13-15-25)32-29(23-8-4-3-5-9-23)28-26-10-6-7-11-27(26)34-31(28)37/h3-15,22,34,37H,2,16-21H2,1H3,(H,33,36). The van der Waals surface area contributed by atoms with Crippen LogP contribution in [0.15, 0.2) is 83.9 Å². The van der Waals surface area contributed by atoms with Gasteiger partial charge in [0.2, 0.25) is 5.91 Å². The molecule has 1 amide bonds. The molecule has 0 aliphatic carbocycles. The van der Waals surface area contributed by atoms with Gasteiger partial charge in [-0.3, -0.25) is 9.69 Å². The Kier molecular flexibility index (Phi) is 8.16. The largest absolute Gasteiger partial charge is 0.494 e. The van der Waals surface area contributed by atoms with Crippen LogP contribution in [0.3, 0.4) is 0 Å². The number of hydrogen-bond donors (Lipinski definition) is 3. The number of amides is 1. The number of para-hydroxylation sites is 1. The van der Waals surface area contributed by atoms with Crippen molar-refractivity contribution in [3.8, 4) is 5.88 Å². The second-order valence-electron chi connectivity index (χ2n) is 9.60.